The van der Waals surface area contributed by atoms with Gasteiger partial charge in [-0.3, -0.25) is 4.79 Å². The van der Waals surface area contributed by atoms with E-state index >= 15 is 0 Å². The zero-order chi connectivity index (χ0) is 13.8. The minimum atomic E-state index is -0.370. The molecule has 4 nitrogen and oxygen atoms in total. The number of carbonyl (C=O) groups excluding carboxylic acids is 1. The second-order valence-corrected chi connectivity index (χ2v) is 6.05. The van der Waals surface area contributed by atoms with E-state index in [2.05, 4.69) is 31.2 Å². The average molecular weight is 255 g/mol. The summed E-state index contributed by atoms with van der Waals surface area (Å²) in [7, 11) is 4.23. The molecule has 0 spiro atoms. The van der Waals surface area contributed by atoms with Crippen LogP contribution in [0.25, 0.3) is 0 Å². The Bertz CT molecular complexity index is 280. The van der Waals surface area contributed by atoms with Crippen LogP contribution >= 0.6 is 0 Å². The molecule has 1 amide bonds. The van der Waals surface area contributed by atoms with Crippen LogP contribution in [0.4, 0.5) is 0 Å². The topological polar surface area (TPSA) is 58.4 Å². The van der Waals surface area contributed by atoms with Crippen molar-refractivity contribution in [3.63, 3.8) is 0 Å². The van der Waals surface area contributed by atoms with Crippen molar-refractivity contribution in [2.75, 3.05) is 20.6 Å². The van der Waals surface area contributed by atoms with Crippen LogP contribution in [0.1, 0.15) is 46.0 Å². The van der Waals surface area contributed by atoms with E-state index in [1.54, 1.807) is 0 Å². The number of nitrogens with zero attached hydrogens (tertiary/aromatic N) is 1. The predicted molar refractivity (Wildman–Crippen MR) is 75.3 cm³/mol. The Kier molecular flexibility index (Phi) is 5.60. The Morgan fingerprint density at radius 2 is 2.22 bits per heavy atom. The summed E-state index contributed by atoms with van der Waals surface area (Å²) >= 11 is 0. The zero-order valence-corrected chi connectivity index (χ0v) is 12.3. The molecule has 3 unspecified atom stereocenters. The number of amides is 1. The summed E-state index contributed by atoms with van der Waals surface area (Å²) < 4.78 is 0. The SMILES string of the molecule is CCC(N)C(=O)NCC1(N(C)C)CCCC(C)C1. The van der Waals surface area contributed by atoms with Crippen LogP contribution in [0.2, 0.25) is 0 Å². The van der Waals surface area contributed by atoms with Crippen LogP contribution in [0, 0.1) is 5.92 Å². The number of hydrogen-bond acceptors (Lipinski definition) is 3. The van der Waals surface area contributed by atoms with Crippen LogP contribution in [-0.4, -0.2) is 43.0 Å². The fourth-order valence-corrected chi connectivity index (χ4v) is 2.93. The van der Waals surface area contributed by atoms with Crippen molar-refractivity contribution in [3.05, 3.63) is 0 Å². The molecule has 1 fully saturated rings. The maximum Gasteiger partial charge on any atom is 0.236 e. The molecule has 106 valence electrons. The first-order valence-electron chi connectivity index (χ1n) is 7.12. The molecule has 0 aliphatic heterocycles. The molecule has 0 bridgehead atoms. The van der Waals surface area contributed by atoms with E-state index in [1.807, 2.05) is 6.92 Å². The van der Waals surface area contributed by atoms with Crippen LogP contribution in [-0.2, 0) is 4.79 Å². The molecule has 18 heavy (non-hydrogen) atoms. The van der Waals surface area contributed by atoms with Crippen LogP contribution in [0.15, 0.2) is 0 Å². The van der Waals surface area contributed by atoms with Gasteiger partial charge in [-0.25, -0.2) is 0 Å². The van der Waals surface area contributed by atoms with Gasteiger partial charge in [0, 0.05) is 12.1 Å². The molecule has 0 radical (unpaired) electrons. The van der Waals surface area contributed by atoms with Crippen LogP contribution in [0.3, 0.4) is 0 Å². The molecule has 3 N–H and O–H groups in total. The summed E-state index contributed by atoms with van der Waals surface area (Å²) in [6.45, 7) is 4.96. The molecule has 1 aliphatic carbocycles. The van der Waals surface area contributed by atoms with Gasteiger partial charge >= 0.3 is 0 Å². The Balaban J connectivity index is 2.61. The third-order valence-electron chi connectivity index (χ3n) is 4.38. The molecule has 1 aliphatic rings. The lowest BCUT2D eigenvalue weighted by Gasteiger charge is -2.45. The van der Waals surface area contributed by atoms with Crippen LogP contribution < -0.4 is 11.1 Å². The van der Waals surface area contributed by atoms with Crippen molar-refractivity contribution >= 4 is 5.91 Å². The minimum Gasteiger partial charge on any atom is -0.353 e. The minimum absolute atomic E-state index is 0.0167. The standard InChI is InChI=1S/C14H29N3O/c1-5-12(15)13(18)16-10-14(17(3)4)8-6-7-11(2)9-14/h11-12H,5-10,15H2,1-4H3,(H,16,18). The highest BCUT2D eigenvalue weighted by molar-refractivity contribution is 5.81. The highest BCUT2D eigenvalue weighted by Gasteiger charge is 2.37. The molecule has 0 heterocycles. The van der Waals surface area contributed by atoms with Gasteiger partial charge in [-0.2, -0.15) is 0 Å². The number of likely N-dealkylation sites (N-methyl/N-ethyl adjacent to an activating group) is 1. The Labute approximate surface area is 111 Å². The van der Waals surface area contributed by atoms with Crippen molar-refractivity contribution in [2.45, 2.75) is 57.5 Å². The molecule has 0 aromatic rings. The van der Waals surface area contributed by atoms with Crippen molar-refractivity contribution < 1.29 is 4.79 Å². The van der Waals surface area contributed by atoms with Gasteiger partial charge in [-0.15, -0.1) is 0 Å². The van der Waals surface area contributed by atoms with Gasteiger partial charge in [-0.05, 0) is 39.3 Å². The monoisotopic (exact) mass is 255 g/mol. The second-order valence-electron chi connectivity index (χ2n) is 6.05. The Morgan fingerprint density at radius 1 is 1.56 bits per heavy atom. The van der Waals surface area contributed by atoms with Gasteiger partial charge in [-0.1, -0.05) is 26.7 Å². The lowest BCUT2D eigenvalue weighted by Crippen LogP contribution is -2.56. The van der Waals surface area contributed by atoms with Crippen molar-refractivity contribution in [1.82, 2.24) is 10.2 Å². The molecule has 0 aromatic carbocycles. The van der Waals surface area contributed by atoms with Gasteiger partial charge in [0.15, 0.2) is 0 Å². The lowest BCUT2D eigenvalue weighted by molar-refractivity contribution is -0.123. The molecule has 0 aromatic heterocycles. The highest BCUT2D eigenvalue weighted by atomic mass is 16.2. The van der Waals surface area contributed by atoms with Gasteiger partial charge in [0.05, 0.1) is 6.04 Å². The molecule has 0 saturated heterocycles. The molecule has 1 rings (SSSR count). The van der Waals surface area contributed by atoms with E-state index in [9.17, 15) is 4.79 Å². The summed E-state index contributed by atoms with van der Waals surface area (Å²) in [5.41, 5.74) is 5.86. The summed E-state index contributed by atoms with van der Waals surface area (Å²) in [5, 5.41) is 3.04. The molecule has 1 saturated carbocycles. The molecular weight excluding hydrogens is 226 g/mol. The third-order valence-corrected chi connectivity index (χ3v) is 4.38. The average Bonchev–Trinajstić information content (AvgIpc) is 2.34. The van der Waals surface area contributed by atoms with Gasteiger partial charge in [0.1, 0.15) is 0 Å². The van der Waals surface area contributed by atoms with Crippen LogP contribution in [0.5, 0.6) is 0 Å². The van der Waals surface area contributed by atoms with E-state index in [0.717, 1.165) is 25.3 Å². The lowest BCUT2D eigenvalue weighted by atomic mass is 9.75. The van der Waals surface area contributed by atoms with Crippen molar-refractivity contribution in [2.24, 2.45) is 11.7 Å². The molecule has 3 atom stereocenters. The fourth-order valence-electron chi connectivity index (χ4n) is 2.93. The summed E-state index contributed by atoms with van der Waals surface area (Å²) in [6.07, 6.45) is 5.55. The number of rotatable bonds is 5. The first-order valence-corrected chi connectivity index (χ1v) is 7.12. The number of hydrogen-bond donors (Lipinski definition) is 2. The van der Waals surface area contributed by atoms with Crippen molar-refractivity contribution in [1.29, 1.82) is 0 Å². The first kappa shape index (κ1) is 15.4. The Hall–Kier alpha value is -0.610. The van der Waals surface area contributed by atoms with E-state index in [4.69, 9.17) is 5.73 Å². The first-order chi connectivity index (χ1) is 8.41. The second kappa shape index (κ2) is 6.53. The van der Waals surface area contributed by atoms with E-state index in [1.165, 1.54) is 12.8 Å². The molecular formula is C14H29N3O. The summed E-state index contributed by atoms with van der Waals surface area (Å²) in [5.74, 6) is 0.717. The maximum atomic E-state index is 11.8. The van der Waals surface area contributed by atoms with Gasteiger partial charge in [0.2, 0.25) is 5.91 Å². The summed E-state index contributed by atoms with van der Waals surface area (Å²) in [4.78, 5) is 14.1. The third kappa shape index (κ3) is 3.69. The van der Waals surface area contributed by atoms with Gasteiger partial charge < -0.3 is 16.0 Å². The largest absolute Gasteiger partial charge is 0.353 e. The summed E-state index contributed by atoms with van der Waals surface area (Å²) in [6, 6.07) is -0.370. The van der Waals surface area contributed by atoms with E-state index < -0.39 is 0 Å². The number of carbonyl (C=O) groups is 1. The number of nitrogens with one attached hydrogen (secondary N) is 1. The normalized spacial score (nSPS) is 30.2. The Morgan fingerprint density at radius 3 is 2.72 bits per heavy atom. The van der Waals surface area contributed by atoms with Crippen molar-refractivity contribution in [3.8, 4) is 0 Å². The fraction of sp³-hybridized carbons (Fsp3) is 0.929. The highest BCUT2D eigenvalue weighted by Crippen LogP contribution is 2.35. The van der Waals surface area contributed by atoms with E-state index in [-0.39, 0.29) is 17.5 Å². The number of nitrogens with two attached hydrogens (primary N) is 1. The quantitative estimate of drug-likeness (QED) is 0.779. The zero-order valence-electron chi connectivity index (χ0n) is 12.3. The molecule has 4 heteroatoms. The smallest absolute Gasteiger partial charge is 0.236 e. The maximum absolute atomic E-state index is 11.8. The predicted octanol–water partition coefficient (Wildman–Crippen LogP) is 1.35. The van der Waals surface area contributed by atoms with E-state index in [0.29, 0.717) is 6.42 Å². The van der Waals surface area contributed by atoms with Gasteiger partial charge in [0.25, 0.3) is 0 Å².